The number of anilines is 2. The molecule has 1 unspecified atom stereocenters. The molecule has 2 nitrogen and oxygen atoms in total. The van der Waals surface area contributed by atoms with E-state index in [0.717, 1.165) is 34.3 Å². The van der Waals surface area contributed by atoms with Crippen molar-refractivity contribution >= 4 is 54.9 Å². The minimum absolute atomic E-state index is 0.349. The summed E-state index contributed by atoms with van der Waals surface area (Å²) in [5.41, 5.74) is 9.09. The van der Waals surface area contributed by atoms with Crippen LogP contribution in [0.5, 0.6) is 0 Å². The van der Waals surface area contributed by atoms with Crippen molar-refractivity contribution in [1.82, 2.24) is 0 Å². The Kier molecular flexibility index (Phi) is 6.31. The first-order valence-electron chi connectivity index (χ1n) is 16.0. The predicted molar refractivity (Wildman–Crippen MR) is 194 cm³/mol. The summed E-state index contributed by atoms with van der Waals surface area (Å²) in [5.74, 6) is 0.349. The van der Waals surface area contributed by atoms with E-state index in [1.807, 2.05) is 12.1 Å². The molecule has 8 aromatic rings. The summed E-state index contributed by atoms with van der Waals surface area (Å²) < 4.78 is 6.18. The third-order valence-corrected chi connectivity index (χ3v) is 9.39. The van der Waals surface area contributed by atoms with Gasteiger partial charge in [-0.3, -0.25) is 0 Å². The molecule has 1 heterocycles. The highest BCUT2D eigenvalue weighted by atomic mass is 16.3. The fraction of sp³-hybridized carbons (Fsp3) is 0.0455. The first-order valence-corrected chi connectivity index (χ1v) is 16.0. The fourth-order valence-electron chi connectivity index (χ4n) is 7.13. The van der Waals surface area contributed by atoms with Crippen molar-refractivity contribution in [1.29, 1.82) is 0 Å². The Balaban J connectivity index is 1.07. The fourth-order valence-corrected chi connectivity index (χ4v) is 7.13. The lowest BCUT2D eigenvalue weighted by molar-refractivity contribution is 0.669. The van der Waals surface area contributed by atoms with Crippen LogP contribution in [0.15, 0.2) is 180 Å². The topological polar surface area (TPSA) is 16.4 Å². The molecule has 1 aliphatic carbocycles. The molecule has 0 aliphatic heterocycles. The SMILES string of the molecule is C1=CC(c2cccc3ccccc23)CC=C1N(c1ccccc1)c1ccc(-c2ccc3ccc4oc5ccccc5c4c3c2)cc1. The van der Waals surface area contributed by atoms with Gasteiger partial charge in [-0.05, 0) is 93.2 Å². The van der Waals surface area contributed by atoms with E-state index in [0.29, 0.717) is 5.92 Å². The average Bonchev–Trinajstić information content (AvgIpc) is 3.52. The molecular weight excluding hydrogens is 558 g/mol. The summed E-state index contributed by atoms with van der Waals surface area (Å²) in [6.45, 7) is 0. The zero-order chi connectivity index (χ0) is 30.5. The molecule has 9 rings (SSSR count). The molecule has 0 saturated heterocycles. The Labute approximate surface area is 268 Å². The third kappa shape index (κ3) is 4.50. The summed E-state index contributed by atoms with van der Waals surface area (Å²) >= 11 is 0. The van der Waals surface area contributed by atoms with Crippen LogP contribution < -0.4 is 4.90 Å². The summed E-state index contributed by atoms with van der Waals surface area (Å²) in [6.07, 6.45) is 8.00. The molecule has 1 aliphatic rings. The summed E-state index contributed by atoms with van der Waals surface area (Å²) in [5, 5.41) is 7.40. The molecule has 2 heteroatoms. The Bertz CT molecular complexity index is 2440. The molecular formula is C44H31NO. The molecule has 1 aromatic heterocycles. The number of hydrogen-bond acceptors (Lipinski definition) is 2. The van der Waals surface area contributed by atoms with Crippen molar-refractivity contribution in [3.63, 3.8) is 0 Å². The Morgan fingerprint density at radius 1 is 0.522 bits per heavy atom. The van der Waals surface area contributed by atoms with Gasteiger partial charge in [0.2, 0.25) is 0 Å². The van der Waals surface area contributed by atoms with Crippen LogP contribution in [0.25, 0.3) is 54.6 Å². The van der Waals surface area contributed by atoms with Gasteiger partial charge in [-0.2, -0.15) is 0 Å². The van der Waals surface area contributed by atoms with Crippen molar-refractivity contribution in [3.05, 3.63) is 181 Å². The quantitative estimate of drug-likeness (QED) is 0.199. The number of allylic oxidation sites excluding steroid dienone is 3. The van der Waals surface area contributed by atoms with Gasteiger partial charge in [0, 0.05) is 33.8 Å². The minimum atomic E-state index is 0.349. The zero-order valence-corrected chi connectivity index (χ0v) is 25.3. The largest absolute Gasteiger partial charge is 0.456 e. The van der Waals surface area contributed by atoms with E-state index in [1.54, 1.807) is 0 Å². The van der Waals surface area contributed by atoms with Gasteiger partial charge >= 0.3 is 0 Å². The first kappa shape index (κ1) is 26.5. The van der Waals surface area contributed by atoms with Gasteiger partial charge in [0.05, 0.1) is 0 Å². The second-order valence-corrected chi connectivity index (χ2v) is 12.1. The van der Waals surface area contributed by atoms with Gasteiger partial charge in [-0.25, -0.2) is 0 Å². The molecule has 0 fully saturated rings. The normalized spacial score (nSPS) is 14.7. The molecule has 0 saturated carbocycles. The van der Waals surface area contributed by atoms with E-state index in [2.05, 4.69) is 163 Å². The Morgan fingerprint density at radius 3 is 2.07 bits per heavy atom. The van der Waals surface area contributed by atoms with Gasteiger partial charge < -0.3 is 9.32 Å². The highest BCUT2D eigenvalue weighted by molar-refractivity contribution is 6.19. The number of fused-ring (bicyclic) bond motifs is 6. The van der Waals surface area contributed by atoms with Crippen LogP contribution in [0.4, 0.5) is 11.4 Å². The maximum atomic E-state index is 6.18. The maximum absolute atomic E-state index is 6.18. The molecule has 218 valence electrons. The monoisotopic (exact) mass is 589 g/mol. The van der Waals surface area contributed by atoms with Gasteiger partial charge in [0.25, 0.3) is 0 Å². The van der Waals surface area contributed by atoms with Crippen LogP contribution in [-0.4, -0.2) is 0 Å². The van der Waals surface area contributed by atoms with Gasteiger partial charge in [-0.15, -0.1) is 0 Å². The van der Waals surface area contributed by atoms with E-state index in [4.69, 9.17) is 4.42 Å². The number of para-hydroxylation sites is 2. The smallest absolute Gasteiger partial charge is 0.136 e. The zero-order valence-electron chi connectivity index (χ0n) is 25.3. The molecule has 46 heavy (non-hydrogen) atoms. The van der Waals surface area contributed by atoms with E-state index >= 15 is 0 Å². The van der Waals surface area contributed by atoms with Gasteiger partial charge in [0.1, 0.15) is 11.2 Å². The van der Waals surface area contributed by atoms with Crippen molar-refractivity contribution in [2.45, 2.75) is 12.3 Å². The van der Waals surface area contributed by atoms with Crippen LogP contribution in [0.2, 0.25) is 0 Å². The van der Waals surface area contributed by atoms with Crippen LogP contribution >= 0.6 is 0 Å². The maximum Gasteiger partial charge on any atom is 0.136 e. The highest BCUT2D eigenvalue weighted by Gasteiger charge is 2.19. The number of nitrogens with zero attached hydrogens (tertiary/aromatic N) is 1. The summed E-state index contributed by atoms with van der Waals surface area (Å²) in [7, 11) is 0. The second kappa shape index (κ2) is 10.9. The number of benzene rings is 7. The van der Waals surface area contributed by atoms with E-state index < -0.39 is 0 Å². The molecule has 0 amide bonds. The standard InChI is InChI=1S/C44H31NO/c1-2-11-35(12-3-1)45(37-26-21-32(22-27-37)39-15-8-10-31-9-4-5-13-38(31)39)36-24-19-30(20-25-36)34-18-17-33-23-28-43-44(41(33)29-34)40-14-6-7-16-42(40)46-43/h1-21,23-29,32H,22H2. The van der Waals surface area contributed by atoms with Crippen molar-refractivity contribution in [2.75, 3.05) is 4.90 Å². The van der Waals surface area contributed by atoms with Crippen molar-refractivity contribution in [2.24, 2.45) is 0 Å². The van der Waals surface area contributed by atoms with Crippen LogP contribution in [0, 0.1) is 0 Å². The molecule has 7 aromatic carbocycles. The van der Waals surface area contributed by atoms with Crippen molar-refractivity contribution in [3.8, 4) is 11.1 Å². The molecule has 0 N–H and O–H groups in total. The second-order valence-electron chi connectivity index (χ2n) is 12.1. The van der Waals surface area contributed by atoms with E-state index in [1.165, 1.54) is 49.3 Å². The minimum Gasteiger partial charge on any atom is -0.456 e. The molecule has 1 atom stereocenters. The lowest BCUT2D eigenvalue weighted by Gasteiger charge is -2.29. The number of furan rings is 1. The Hall–Kier alpha value is -5.86. The van der Waals surface area contributed by atoms with E-state index in [9.17, 15) is 0 Å². The van der Waals surface area contributed by atoms with Crippen LogP contribution in [0.1, 0.15) is 17.9 Å². The third-order valence-electron chi connectivity index (χ3n) is 9.39. The molecule has 0 spiro atoms. The average molecular weight is 590 g/mol. The number of hydrogen-bond donors (Lipinski definition) is 0. The molecule has 0 bridgehead atoms. The lowest BCUT2D eigenvalue weighted by atomic mass is 9.88. The van der Waals surface area contributed by atoms with Gasteiger partial charge in [0.15, 0.2) is 0 Å². The highest BCUT2D eigenvalue weighted by Crippen LogP contribution is 2.39. The van der Waals surface area contributed by atoms with E-state index in [-0.39, 0.29) is 0 Å². The van der Waals surface area contributed by atoms with Crippen LogP contribution in [0.3, 0.4) is 0 Å². The van der Waals surface area contributed by atoms with Crippen LogP contribution in [-0.2, 0) is 0 Å². The lowest BCUT2D eigenvalue weighted by Crippen LogP contribution is -2.17. The molecule has 0 radical (unpaired) electrons. The first-order chi connectivity index (χ1) is 22.8. The van der Waals surface area contributed by atoms with Gasteiger partial charge in [-0.1, -0.05) is 121 Å². The van der Waals surface area contributed by atoms with Crippen molar-refractivity contribution < 1.29 is 4.42 Å². The Morgan fingerprint density at radius 2 is 1.22 bits per heavy atom. The number of rotatable bonds is 5. The summed E-state index contributed by atoms with van der Waals surface area (Å²) in [6, 6.07) is 54.3. The summed E-state index contributed by atoms with van der Waals surface area (Å²) in [4.78, 5) is 2.36. The predicted octanol–water partition coefficient (Wildman–Crippen LogP) is 12.3.